The van der Waals surface area contributed by atoms with Gasteiger partial charge in [-0.3, -0.25) is 9.20 Å². The molecule has 114 valence electrons. The molecule has 1 aromatic carbocycles. The number of imidazole rings is 1. The lowest BCUT2D eigenvalue weighted by molar-refractivity contribution is 0.103. The van der Waals surface area contributed by atoms with Crippen molar-refractivity contribution in [3.8, 4) is 11.3 Å². The summed E-state index contributed by atoms with van der Waals surface area (Å²) in [5.41, 5.74) is 3.65. The molecule has 4 nitrogen and oxygen atoms in total. The van der Waals surface area contributed by atoms with E-state index in [9.17, 15) is 4.79 Å². The van der Waals surface area contributed by atoms with E-state index in [2.05, 4.69) is 10.3 Å². The van der Waals surface area contributed by atoms with Gasteiger partial charge in [-0.2, -0.15) is 0 Å². The van der Waals surface area contributed by atoms with Crippen LogP contribution in [0.15, 0.2) is 53.5 Å². The number of carbonyl (C=O) groups excluding carboxylic acids is 1. The first-order chi connectivity index (χ1) is 11.2. The largest absolute Gasteiger partial charge is 0.321 e. The number of rotatable bonds is 3. The third-order valence-electron chi connectivity index (χ3n) is 3.50. The molecule has 4 aromatic rings. The minimum Gasteiger partial charge on any atom is -0.321 e. The third-order valence-corrected chi connectivity index (χ3v) is 5.32. The second kappa shape index (κ2) is 5.64. The number of fused-ring (bicyclic) bond motifs is 1. The normalized spacial score (nSPS) is 11.0. The zero-order chi connectivity index (χ0) is 15.8. The summed E-state index contributed by atoms with van der Waals surface area (Å²) >= 11 is 3.04. The molecule has 0 aliphatic heterocycles. The minimum atomic E-state index is -0.0865. The van der Waals surface area contributed by atoms with E-state index in [0.29, 0.717) is 4.88 Å². The Morgan fingerprint density at radius 1 is 1.26 bits per heavy atom. The summed E-state index contributed by atoms with van der Waals surface area (Å²) in [6.45, 7) is 1.99. The van der Waals surface area contributed by atoms with Gasteiger partial charge in [0.1, 0.15) is 0 Å². The maximum Gasteiger partial charge on any atom is 0.265 e. The lowest BCUT2D eigenvalue weighted by Gasteiger charge is -2.08. The van der Waals surface area contributed by atoms with Crippen LogP contribution in [0.4, 0.5) is 5.69 Å². The van der Waals surface area contributed by atoms with Gasteiger partial charge in [-0.1, -0.05) is 18.2 Å². The van der Waals surface area contributed by atoms with Crippen molar-refractivity contribution in [2.24, 2.45) is 0 Å². The summed E-state index contributed by atoms with van der Waals surface area (Å²) in [5.74, 6) is -0.0865. The van der Waals surface area contributed by atoms with Gasteiger partial charge in [-0.15, -0.1) is 22.7 Å². The highest BCUT2D eigenvalue weighted by Crippen LogP contribution is 2.29. The molecule has 3 heterocycles. The highest BCUT2D eigenvalue weighted by Gasteiger charge is 2.13. The number of amides is 1. The fourth-order valence-corrected chi connectivity index (χ4v) is 3.90. The van der Waals surface area contributed by atoms with E-state index in [1.54, 1.807) is 11.3 Å². The summed E-state index contributed by atoms with van der Waals surface area (Å²) in [5, 5.41) is 6.98. The Kier molecular flexibility index (Phi) is 3.48. The van der Waals surface area contributed by atoms with Crippen molar-refractivity contribution in [3.63, 3.8) is 0 Å². The molecule has 23 heavy (non-hydrogen) atoms. The molecule has 0 bridgehead atoms. The van der Waals surface area contributed by atoms with Gasteiger partial charge < -0.3 is 5.32 Å². The van der Waals surface area contributed by atoms with E-state index in [0.717, 1.165) is 27.5 Å². The number of thiazole rings is 1. The van der Waals surface area contributed by atoms with Crippen LogP contribution < -0.4 is 5.32 Å². The smallest absolute Gasteiger partial charge is 0.265 e. The van der Waals surface area contributed by atoms with Crippen molar-refractivity contribution in [2.45, 2.75) is 6.92 Å². The van der Waals surface area contributed by atoms with Crippen molar-refractivity contribution in [3.05, 3.63) is 63.9 Å². The first kappa shape index (κ1) is 14.2. The van der Waals surface area contributed by atoms with Crippen molar-refractivity contribution >= 4 is 39.2 Å². The Bertz CT molecular complexity index is 968. The Balaban J connectivity index is 1.69. The van der Waals surface area contributed by atoms with Gasteiger partial charge in [-0.25, -0.2) is 4.98 Å². The summed E-state index contributed by atoms with van der Waals surface area (Å²) in [4.78, 5) is 18.7. The van der Waals surface area contributed by atoms with Gasteiger partial charge >= 0.3 is 0 Å². The second-order valence-corrected chi connectivity index (χ2v) is 6.99. The molecule has 0 aliphatic rings. The van der Waals surface area contributed by atoms with E-state index >= 15 is 0 Å². The monoisotopic (exact) mass is 339 g/mol. The molecule has 0 atom stereocenters. The van der Waals surface area contributed by atoms with Crippen LogP contribution in [-0.2, 0) is 0 Å². The highest BCUT2D eigenvalue weighted by atomic mass is 32.1. The number of anilines is 1. The van der Waals surface area contributed by atoms with Crippen LogP contribution in [0.1, 0.15) is 15.2 Å². The zero-order valence-electron chi connectivity index (χ0n) is 12.3. The summed E-state index contributed by atoms with van der Waals surface area (Å²) in [6.07, 6.45) is 3.96. The number of hydrogen-bond donors (Lipinski definition) is 1. The predicted octanol–water partition coefficient (Wildman–Crippen LogP) is 4.69. The lowest BCUT2D eigenvalue weighted by Crippen LogP contribution is -2.11. The van der Waals surface area contributed by atoms with Gasteiger partial charge in [0.2, 0.25) is 0 Å². The van der Waals surface area contributed by atoms with Crippen LogP contribution in [0.2, 0.25) is 0 Å². The summed E-state index contributed by atoms with van der Waals surface area (Å²) < 4.78 is 1.99. The third kappa shape index (κ3) is 2.67. The SMILES string of the molecule is Cc1csc(C(=O)Nc2ccccc2-c2cn3ccsc3n2)c1. The van der Waals surface area contributed by atoms with Gasteiger partial charge in [0.05, 0.1) is 16.3 Å². The summed E-state index contributed by atoms with van der Waals surface area (Å²) in [7, 11) is 0. The average molecular weight is 339 g/mol. The minimum absolute atomic E-state index is 0.0865. The number of thiophene rings is 1. The first-order valence-electron chi connectivity index (χ1n) is 7.09. The molecule has 0 spiro atoms. The molecule has 0 saturated carbocycles. The number of aryl methyl sites for hydroxylation is 1. The molecular weight excluding hydrogens is 326 g/mol. The van der Waals surface area contributed by atoms with Crippen LogP contribution in [0.25, 0.3) is 16.2 Å². The average Bonchev–Trinajstić information content (AvgIpc) is 3.23. The highest BCUT2D eigenvalue weighted by molar-refractivity contribution is 7.15. The molecule has 0 aliphatic carbocycles. The summed E-state index contributed by atoms with van der Waals surface area (Å²) in [6, 6.07) is 9.64. The molecule has 0 unspecified atom stereocenters. The van der Waals surface area contributed by atoms with Crippen LogP contribution in [0.3, 0.4) is 0 Å². The standard InChI is InChI=1S/C17H13N3OS2/c1-11-8-15(23-10-11)16(21)18-13-5-3-2-4-12(13)14-9-20-6-7-22-17(20)19-14/h2-10H,1H3,(H,18,21). The van der Waals surface area contributed by atoms with Crippen LogP contribution in [0.5, 0.6) is 0 Å². The molecule has 0 radical (unpaired) electrons. The molecule has 3 aromatic heterocycles. The van der Waals surface area contributed by atoms with Crippen molar-refractivity contribution in [2.75, 3.05) is 5.32 Å². The van der Waals surface area contributed by atoms with E-state index in [-0.39, 0.29) is 5.91 Å². The van der Waals surface area contributed by atoms with E-state index < -0.39 is 0 Å². The number of benzene rings is 1. The maximum absolute atomic E-state index is 12.4. The number of carbonyl (C=O) groups is 1. The first-order valence-corrected chi connectivity index (χ1v) is 8.85. The Hall–Kier alpha value is -2.44. The quantitative estimate of drug-likeness (QED) is 0.589. The van der Waals surface area contributed by atoms with Gasteiger partial charge in [0, 0.05) is 23.3 Å². The fraction of sp³-hybridized carbons (Fsp3) is 0.0588. The molecular formula is C17H13N3OS2. The molecule has 0 fully saturated rings. The van der Waals surface area contributed by atoms with Crippen molar-refractivity contribution in [1.82, 2.24) is 9.38 Å². The maximum atomic E-state index is 12.4. The number of aromatic nitrogens is 2. The van der Waals surface area contributed by atoms with Crippen molar-refractivity contribution in [1.29, 1.82) is 0 Å². The fourth-order valence-electron chi connectivity index (χ4n) is 2.41. The zero-order valence-corrected chi connectivity index (χ0v) is 13.9. The van der Waals surface area contributed by atoms with E-state index in [4.69, 9.17) is 0 Å². The molecule has 1 N–H and O–H groups in total. The number of hydrogen-bond acceptors (Lipinski definition) is 4. The molecule has 1 amide bonds. The van der Waals surface area contributed by atoms with Gasteiger partial charge in [0.25, 0.3) is 5.91 Å². The molecule has 0 saturated heterocycles. The van der Waals surface area contributed by atoms with Gasteiger partial charge in [0.15, 0.2) is 4.96 Å². The van der Waals surface area contributed by atoms with Crippen LogP contribution in [0, 0.1) is 6.92 Å². The molecule has 4 rings (SSSR count). The van der Waals surface area contributed by atoms with Crippen LogP contribution >= 0.6 is 22.7 Å². The second-order valence-electron chi connectivity index (χ2n) is 5.21. The van der Waals surface area contributed by atoms with Crippen molar-refractivity contribution < 1.29 is 4.79 Å². The van der Waals surface area contributed by atoms with E-state index in [1.165, 1.54) is 11.3 Å². The number of para-hydroxylation sites is 1. The lowest BCUT2D eigenvalue weighted by atomic mass is 10.1. The van der Waals surface area contributed by atoms with Gasteiger partial charge in [-0.05, 0) is 30.0 Å². The predicted molar refractivity (Wildman–Crippen MR) is 95.5 cm³/mol. The topological polar surface area (TPSA) is 46.4 Å². The Morgan fingerprint density at radius 3 is 2.91 bits per heavy atom. The Labute approximate surface area is 141 Å². The Morgan fingerprint density at radius 2 is 2.13 bits per heavy atom. The molecule has 6 heteroatoms. The van der Waals surface area contributed by atoms with Crippen LogP contribution in [-0.4, -0.2) is 15.3 Å². The number of nitrogens with one attached hydrogen (secondary N) is 1. The number of nitrogens with zero attached hydrogens (tertiary/aromatic N) is 2. The van der Waals surface area contributed by atoms with E-state index in [1.807, 2.05) is 64.8 Å².